The molecule has 4 aromatic heterocycles. The molecular formula is C73H81ClN12O12. The van der Waals surface area contributed by atoms with Crippen LogP contribution >= 0.6 is 11.6 Å². The second-order valence-corrected chi connectivity index (χ2v) is 24.5. The summed E-state index contributed by atoms with van der Waals surface area (Å²) in [6.45, 7) is 16.8. The van der Waals surface area contributed by atoms with E-state index in [-0.39, 0.29) is 77.1 Å². The molecule has 4 atom stereocenters. The van der Waals surface area contributed by atoms with E-state index in [4.69, 9.17) is 26.1 Å². The molecule has 512 valence electrons. The fourth-order valence-electron chi connectivity index (χ4n) is 11.9. The Bertz CT molecular complexity index is 4330. The van der Waals surface area contributed by atoms with Gasteiger partial charge in [-0.1, -0.05) is 103 Å². The molecule has 12 rings (SSSR count). The first kappa shape index (κ1) is 72.1. The number of benzene rings is 2. The maximum Gasteiger partial charge on any atom is 0.344 e. The van der Waals surface area contributed by atoms with Crippen molar-refractivity contribution >= 4 is 62.9 Å². The molecule has 1 N–H and O–H groups in total. The topological polar surface area (TPSA) is 236 Å². The third-order valence-corrected chi connectivity index (χ3v) is 17.1. The van der Waals surface area contributed by atoms with Crippen LogP contribution in [0.4, 0.5) is 14.4 Å². The Balaban J connectivity index is 0.000000156. The van der Waals surface area contributed by atoms with E-state index in [0.29, 0.717) is 76.7 Å². The Morgan fingerprint density at radius 2 is 0.918 bits per heavy atom. The number of nitrogens with one attached hydrogen (secondary N) is 1. The highest BCUT2D eigenvalue weighted by Gasteiger charge is 2.41. The smallest absolute Gasteiger partial charge is 0.319 e. The molecule has 4 bridgehead atoms. The van der Waals surface area contributed by atoms with Crippen LogP contribution in [0, 0.1) is 0 Å². The highest BCUT2D eigenvalue weighted by Crippen LogP contribution is 2.31. The number of carbonyl (C=O) groups is 5. The number of aromatic nitrogens is 4. The van der Waals surface area contributed by atoms with Crippen molar-refractivity contribution in [1.82, 2.24) is 58.4 Å². The Kier molecular flexibility index (Phi) is 24.8. The molecule has 25 heteroatoms. The van der Waals surface area contributed by atoms with E-state index in [2.05, 4.69) is 42.3 Å². The predicted molar refractivity (Wildman–Crippen MR) is 376 cm³/mol. The van der Waals surface area contributed by atoms with Gasteiger partial charge in [-0.15, -0.1) is 19.7 Å². The van der Waals surface area contributed by atoms with Crippen molar-refractivity contribution in [2.75, 3.05) is 92.3 Å². The third-order valence-electron chi connectivity index (χ3n) is 17.0. The van der Waals surface area contributed by atoms with Gasteiger partial charge in [0, 0.05) is 148 Å². The molecule has 4 unspecified atom stereocenters. The number of likely N-dealkylation sites (N-methyl/N-ethyl adjacent to an activating group) is 1. The predicted octanol–water partition coefficient (Wildman–Crippen LogP) is 6.68. The number of urea groups is 2. The minimum absolute atomic E-state index is 0.0216. The van der Waals surface area contributed by atoms with Crippen molar-refractivity contribution in [2.45, 2.75) is 24.2 Å². The molecular weight excluding hydrogens is 1270 g/mol. The van der Waals surface area contributed by atoms with Crippen LogP contribution in [-0.4, -0.2) is 198 Å². The lowest BCUT2D eigenvalue weighted by Gasteiger charge is -2.36. The number of fused-ring (bicyclic) bond motifs is 4. The summed E-state index contributed by atoms with van der Waals surface area (Å²) in [6, 6.07) is 31.0. The number of ketones is 2. The highest BCUT2D eigenvalue weighted by molar-refractivity contribution is 6.62. The van der Waals surface area contributed by atoms with Crippen molar-refractivity contribution in [3.63, 3.8) is 0 Å². The van der Waals surface area contributed by atoms with Crippen LogP contribution < -0.4 is 27.7 Å². The lowest BCUT2D eigenvalue weighted by Crippen LogP contribution is -2.48. The summed E-state index contributed by atoms with van der Waals surface area (Å²) >= 11 is 5.77. The van der Waals surface area contributed by atoms with Gasteiger partial charge in [-0.3, -0.25) is 57.9 Å². The normalized spacial score (nSPS) is 18.7. The number of halogens is 1. The SMILES string of the molecule is C=CCON(C(=O)Cl)C1C=C(c2ccc(=O)n(C)c2)CN(CC(=O)c2ccccc2)C1.C=CCON1C(=O)N2CC(c3ccc(=O)n(C)c3)=CC1C2.C=CCONC1C=C(c2ccc(=O)n(C)c2)CN(CC(=O)c2ccccc2)C1.CN1C(=O)N2CC(c3ccc(=O)n(C)c3)=CC1C2. The quantitative estimate of drug-likeness (QED) is 0.0198. The van der Waals surface area contributed by atoms with Crippen LogP contribution in [0.25, 0.3) is 22.3 Å². The second-order valence-electron chi connectivity index (χ2n) is 24.2. The van der Waals surface area contributed by atoms with Crippen LogP contribution in [-0.2, 0) is 42.7 Å². The van der Waals surface area contributed by atoms with Gasteiger partial charge in [-0.05, 0) is 80.4 Å². The van der Waals surface area contributed by atoms with Crippen molar-refractivity contribution in [3.05, 3.63) is 271 Å². The van der Waals surface area contributed by atoms with Crippen molar-refractivity contribution in [3.8, 4) is 0 Å². The Morgan fingerprint density at radius 1 is 0.500 bits per heavy atom. The van der Waals surface area contributed by atoms with Gasteiger partial charge in [0.15, 0.2) is 11.6 Å². The molecule has 0 saturated carbocycles. The summed E-state index contributed by atoms with van der Waals surface area (Å²) in [6.07, 6.45) is 20.1. The van der Waals surface area contributed by atoms with E-state index in [1.807, 2.05) is 102 Å². The van der Waals surface area contributed by atoms with Crippen LogP contribution in [0.3, 0.4) is 0 Å². The zero-order valence-corrected chi connectivity index (χ0v) is 56.3. The maximum atomic E-state index is 12.8. The first-order valence-electron chi connectivity index (χ1n) is 31.8. The summed E-state index contributed by atoms with van der Waals surface area (Å²) in [4.78, 5) is 133. The molecule has 6 aliphatic rings. The lowest BCUT2D eigenvalue weighted by atomic mass is 9.99. The number of aryl methyl sites for hydroxylation is 4. The van der Waals surface area contributed by atoms with Crippen molar-refractivity contribution in [1.29, 1.82) is 0 Å². The summed E-state index contributed by atoms with van der Waals surface area (Å²) in [5, 5.41) is 1.72. The van der Waals surface area contributed by atoms with Gasteiger partial charge >= 0.3 is 17.4 Å². The fourth-order valence-corrected chi connectivity index (χ4v) is 12.1. The van der Waals surface area contributed by atoms with Gasteiger partial charge < -0.3 is 33.0 Å². The van der Waals surface area contributed by atoms with Crippen LogP contribution in [0.1, 0.15) is 43.0 Å². The average Bonchev–Trinajstić information content (AvgIpc) is 1.70. The number of rotatable bonds is 21. The first-order valence-corrected chi connectivity index (χ1v) is 32.2. The van der Waals surface area contributed by atoms with Crippen molar-refractivity contribution in [2.24, 2.45) is 28.2 Å². The molecule has 24 nitrogen and oxygen atoms in total. The van der Waals surface area contributed by atoms with Crippen LogP contribution in [0.2, 0.25) is 0 Å². The molecule has 0 radical (unpaired) electrons. The molecule has 2 saturated heterocycles. The number of pyridine rings is 4. The largest absolute Gasteiger partial charge is 0.344 e. The monoisotopic (exact) mass is 1350 g/mol. The molecule has 2 fully saturated rings. The highest BCUT2D eigenvalue weighted by atomic mass is 35.5. The molecule has 6 aromatic rings. The molecule has 0 spiro atoms. The third kappa shape index (κ3) is 18.5. The number of hydrogen-bond donors (Lipinski definition) is 1. The van der Waals surface area contributed by atoms with Gasteiger partial charge in [-0.25, -0.2) is 9.59 Å². The zero-order chi connectivity index (χ0) is 70.2. The lowest BCUT2D eigenvalue weighted by molar-refractivity contribution is -0.119. The zero-order valence-electron chi connectivity index (χ0n) is 55.6. The summed E-state index contributed by atoms with van der Waals surface area (Å²) in [5.41, 5.74) is 11.9. The van der Waals surface area contributed by atoms with E-state index >= 15 is 0 Å². The van der Waals surface area contributed by atoms with Gasteiger partial charge in [0.1, 0.15) is 0 Å². The molecule has 5 amide bonds. The van der Waals surface area contributed by atoms with Gasteiger partial charge in [-0.2, -0.15) is 15.6 Å². The summed E-state index contributed by atoms with van der Waals surface area (Å²) in [7, 11) is 8.68. The van der Waals surface area contributed by atoms with Crippen LogP contribution in [0.15, 0.2) is 215 Å². The Labute approximate surface area is 572 Å². The van der Waals surface area contributed by atoms with Crippen LogP contribution in [0.5, 0.6) is 0 Å². The number of hydrogen-bond acceptors (Lipinski definition) is 15. The van der Waals surface area contributed by atoms with Gasteiger partial charge in [0.2, 0.25) is 22.2 Å². The number of Topliss-reactive ketones (excluding diaryl/α,β-unsaturated/α-hetero) is 2. The van der Waals surface area contributed by atoms with E-state index in [1.165, 1.54) is 32.4 Å². The second kappa shape index (κ2) is 33.7. The van der Waals surface area contributed by atoms with Gasteiger partial charge in [0.25, 0.3) is 0 Å². The van der Waals surface area contributed by atoms with Crippen molar-refractivity contribution < 1.29 is 38.5 Å². The average molecular weight is 1350 g/mol. The maximum absolute atomic E-state index is 12.8. The summed E-state index contributed by atoms with van der Waals surface area (Å²) in [5.74, 6) is 0.0462. The molecule has 10 heterocycles. The minimum atomic E-state index is -0.765. The van der Waals surface area contributed by atoms with E-state index in [9.17, 15) is 43.2 Å². The van der Waals surface area contributed by atoms with E-state index < -0.39 is 11.4 Å². The first-order chi connectivity index (χ1) is 47.1. The number of amides is 5. The Hall–Kier alpha value is -10.2. The fraction of sp³-hybridized carbons (Fsp3) is 0.301. The van der Waals surface area contributed by atoms with Gasteiger partial charge in [0.05, 0.1) is 57.1 Å². The molecule has 2 aromatic carbocycles. The summed E-state index contributed by atoms with van der Waals surface area (Å²) < 4.78 is 6.14. The minimum Gasteiger partial charge on any atom is -0.319 e. The number of hydroxylamine groups is 5. The number of nitrogens with zero attached hydrogens (tertiary/aromatic N) is 11. The molecule has 0 aliphatic carbocycles. The molecule has 6 aliphatic heterocycles. The number of carbonyl (C=O) groups excluding carboxylic acids is 5. The standard InChI is InChI=1S/C23H24ClN3O4.C22H25N3O3.C15H17N3O3.C13H15N3O2/c1-3-11-31-27(23(24)30)20-12-19(18-9-10-22(29)25(2)13-18)14-26(15-20)16-21(28)17-7-5-4-6-8-17;1-3-11-28-23-20-12-19(18-9-10-22(27)24(2)13-18)14-25(15-20)16-21(26)17-7-5-4-6-8-17;1-3-6-21-18-13-7-12(9-17(10-13)15(18)20)11-4-5-14(19)16(2)8-11;1-14-6-9(3-4-12(14)17)10-5-11-8-16(7-10)13(18)15(11)2/h3-10,12-13,20H,1,11,14-16H2,2H3;3-10,12-13,20,23H,1,11,14-16H2,2H3;3-5,7-8,13H,1,6,9-10H2,2H3;3-6,11H,7-8H2,1-2H3. The van der Waals surface area contributed by atoms with E-state index in [0.717, 1.165) is 56.2 Å². The Morgan fingerprint density at radius 3 is 1.36 bits per heavy atom. The molecule has 98 heavy (non-hydrogen) atoms. The van der Waals surface area contributed by atoms with E-state index in [1.54, 1.807) is 108 Å².